The van der Waals surface area contributed by atoms with Gasteiger partial charge in [-0.05, 0) is 37.0 Å². The van der Waals surface area contributed by atoms with Crippen LogP contribution in [0.2, 0.25) is 0 Å². The Kier molecular flexibility index (Phi) is 4.20. The number of hydrogen-bond acceptors (Lipinski definition) is 5. The number of aromatic nitrogens is 3. The van der Waals surface area contributed by atoms with Crippen LogP contribution in [0.3, 0.4) is 0 Å². The molecular formula is C18H19N5O2. The van der Waals surface area contributed by atoms with E-state index in [-0.39, 0.29) is 11.9 Å². The number of nitrogens with zero attached hydrogens (tertiary/aromatic N) is 5. The number of benzene rings is 1. The number of likely N-dealkylation sites (tertiary alicyclic amines) is 1. The quantitative estimate of drug-likeness (QED) is 0.802. The largest absolute Gasteiger partial charge is 0.375 e. The van der Waals surface area contributed by atoms with Gasteiger partial charge in [-0.2, -0.15) is 5.26 Å². The summed E-state index contributed by atoms with van der Waals surface area (Å²) in [5, 5.41) is 17.2. The maximum Gasteiger partial charge on any atom is 0.254 e. The normalized spacial score (nSPS) is 17.2. The molecule has 7 nitrogen and oxygen atoms in total. The molecule has 1 saturated heterocycles. The third-order valence-electron chi connectivity index (χ3n) is 4.62. The highest BCUT2D eigenvalue weighted by Gasteiger charge is 2.33. The second-order valence-corrected chi connectivity index (χ2v) is 6.70. The van der Waals surface area contributed by atoms with Crippen molar-refractivity contribution in [1.29, 1.82) is 5.26 Å². The van der Waals surface area contributed by atoms with Crippen molar-refractivity contribution in [3.05, 3.63) is 47.3 Å². The van der Waals surface area contributed by atoms with Crippen LogP contribution in [0, 0.1) is 17.2 Å². The van der Waals surface area contributed by atoms with Crippen LogP contribution in [0.4, 0.5) is 0 Å². The molecule has 2 aromatic rings. The van der Waals surface area contributed by atoms with Gasteiger partial charge in [-0.25, -0.2) is 4.68 Å². The van der Waals surface area contributed by atoms with Gasteiger partial charge < -0.3 is 9.64 Å². The molecule has 0 unspecified atom stereocenters. The third-order valence-corrected chi connectivity index (χ3v) is 4.62. The number of carbonyl (C=O) groups excluding carboxylic acids is 1. The van der Waals surface area contributed by atoms with Gasteiger partial charge >= 0.3 is 0 Å². The van der Waals surface area contributed by atoms with Crippen LogP contribution in [-0.4, -0.2) is 45.5 Å². The lowest BCUT2D eigenvalue weighted by molar-refractivity contribution is 0.0498. The molecule has 4 rings (SSSR count). The smallest absolute Gasteiger partial charge is 0.254 e. The van der Waals surface area contributed by atoms with Crippen LogP contribution in [0.15, 0.2) is 30.5 Å². The molecule has 2 fully saturated rings. The van der Waals surface area contributed by atoms with Crippen LogP contribution < -0.4 is 0 Å². The summed E-state index contributed by atoms with van der Waals surface area (Å²) in [6.07, 6.45) is 4.45. The molecule has 1 amide bonds. The van der Waals surface area contributed by atoms with Crippen molar-refractivity contribution >= 4 is 5.91 Å². The minimum Gasteiger partial charge on any atom is -0.375 e. The van der Waals surface area contributed by atoms with Gasteiger partial charge in [0.1, 0.15) is 5.69 Å². The first-order valence-corrected chi connectivity index (χ1v) is 8.51. The van der Waals surface area contributed by atoms with Crippen LogP contribution >= 0.6 is 0 Å². The number of amides is 1. The number of rotatable bonds is 6. The monoisotopic (exact) mass is 337 g/mol. The number of nitriles is 1. The Labute approximate surface area is 145 Å². The fourth-order valence-electron chi connectivity index (χ4n) is 2.87. The summed E-state index contributed by atoms with van der Waals surface area (Å²) >= 11 is 0. The zero-order chi connectivity index (χ0) is 17.2. The average Bonchev–Trinajstić information content (AvgIpc) is 3.31. The lowest BCUT2D eigenvalue weighted by Crippen LogP contribution is -2.50. The van der Waals surface area contributed by atoms with Gasteiger partial charge in [-0.15, -0.1) is 5.10 Å². The predicted molar refractivity (Wildman–Crippen MR) is 88.5 cm³/mol. The van der Waals surface area contributed by atoms with E-state index in [9.17, 15) is 4.79 Å². The van der Waals surface area contributed by atoms with Crippen molar-refractivity contribution in [3.8, 4) is 6.07 Å². The van der Waals surface area contributed by atoms with Crippen molar-refractivity contribution in [2.24, 2.45) is 5.92 Å². The van der Waals surface area contributed by atoms with Crippen LogP contribution in [-0.2, 0) is 11.3 Å². The van der Waals surface area contributed by atoms with Gasteiger partial charge in [0.25, 0.3) is 5.91 Å². The predicted octanol–water partition coefficient (Wildman–Crippen LogP) is 1.77. The third kappa shape index (κ3) is 3.54. The lowest BCUT2D eigenvalue weighted by atomic mass is 10.1. The summed E-state index contributed by atoms with van der Waals surface area (Å²) < 4.78 is 7.43. The van der Waals surface area contributed by atoms with E-state index in [1.807, 2.05) is 10.9 Å². The first-order valence-electron chi connectivity index (χ1n) is 8.51. The highest BCUT2D eigenvalue weighted by Crippen LogP contribution is 2.29. The highest BCUT2D eigenvalue weighted by atomic mass is 16.5. The lowest BCUT2D eigenvalue weighted by Gasteiger charge is -2.38. The molecule has 1 aliphatic carbocycles. The highest BCUT2D eigenvalue weighted by molar-refractivity contribution is 5.95. The molecule has 1 aromatic carbocycles. The Hall–Kier alpha value is -2.72. The average molecular weight is 337 g/mol. The SMILES string of the molecule is N#Cc1cccc(C(=O)N2CC(n3cc(COCC4CC4)nn3)C2)c1. The summed E-state index contributed by atoms with van der Waals surface area (Å²) in [6.45, 7) is 2.50. The first kappa shape index (κ1) is 15.8. The van der Waals surface area contributed by atoms with Crippen molar-refractivity contribution in [1.82, 2.24) is 19.9 Å². The number of ether oxygens (including phenoxy) is 1. The molecule has 0 N–H and O–H groups in total. The maximum absolute atomic E-state index is 12.4. The van der Waals surface area contributed by atoms with Crippen LogP contribution in [0.1, 0.15) is 40.5 Å². The van der Waals surface area contributed by atoms with Crippen LogP contribution in [0.25, 0.3) is 0 Å². The second-order valence-electron chi connectivity index (χ2n) is 6.70. The summed E-state index contributed by atoms with van der Waals surface area (Å²) in [5.41, 5.74) is 1.87. The summed E-state index contributed by atoms with van der Waals surface area (Å²) in [5.74, 6) is 0.683. The molecule has 0 radical (unpaired) electrons. The summed E-state index contributed by atoms with van der Waals surface area (Å²) in [6, 6.07) is 8.99. The van der Waals surface area contributed by atoms with Crippen molar-refractivity contribution in [3.63, 3.8) is 0 Å². The molecule has 0 spiro atoms. The molecule has 2 aliphatic rings. The molecular weight excluding hydrogens is 318 g/mol. The maximum atomic E-state index is 12.4. The van der Waals surface area contributed by atoms with E-state index in [0.717, 1.165) is 18.2 Å². The molecule has 128 valence electrons. The molecule has 0 bridgehead atoms. The fourth-order valence-corrected chi connectivity index (χ4v) is 2.87. The van der Waals surface area contributed by atoms with Crippen LogP contribution in [0.5, 0.6) is 0 Å². The summed E-state index contributed by atoms with van der Waals surface area (Å²) in [7, 11) is 0. The van der Waals surface area contributed by atoms with Crippen molar-refractivity contribution < 1.29 is 9.53 Å². The Bertz CT molecular complexity index is 815. The second kappa shape index (κ2) is 6.65. The number of hydrogen-bond donors (Lipinski definition) is 0. The van der Waals surface area contributed by atoms with Gasteiger partial charge in [0.2, 0.25) is 0 Å². The minimum absolute atomic E-state index is 0.0542. The molecule has 7 heteroatoms. The van der Waals surface area contributed by atoms with Gasteiger partial charge in [-0.1, -0.05) is 11.3 Å². The van der Waals surface area contributed by atoms with Gasteiger partial charge in [0, 0.05) is 25.3 Å². The zero-order valence-electron chi connectivity index (χ0n) is 13.8. The molecule has 0 atom stereocenters. The van der Waals surface area contributed by atoms with Crippen molar-refractivity contribution in [2.45, 2.75) is 25.5 Å². The van der Waals surface area contributed by atoms with E-state index in [1.165, 1.54) is 12.8 Å². The van der Waals surface area contributed by atoms with Crippen molar-refractivity contribution in [2.75, 3.05) is 19.7 Å². The van der Waals surface area contributed by atoms with Gasteiger partial charge in [0.15, 0.2) is 0 Å². The molecule has 25 heavy (non-hydrogen) atoms. The topological polar surface area (TPSA) is 84.0 Å². The molecule has 1 aliphatic heterocycles. The molecule has 1 saturated carbocycles. The van der Waals surface area contributed by atoms with E-state index in [2.05, 4.69) is 16.4 Å². The van der Waals surface area contributed by atoms with E-state index < -0.39 is 0 Å². The Balaban J connectivity index is 1.30. The van der Waals surface area contributed by atoms with E-state index in [4.69, 9.17) is 10.00 Å². The van der Waals surface area contributed by atoms with E-state index in [0.29, 0.717) is 30.8 Å². The molecule has 1 aromatic heterocycles. The first-order chi connectivity index (χ1) is 12.2. The Morgan fingerprint density at radius 3 is 2.96 bits per heavy atom. The van der Waals surface area contributed by atoms with Gasteiger partial charge in [0.05, 0.1) is 30.5 Å². The van der Waals surface area contributed by atoms with Gasteiger partial charge in [-0.3, -0.25) is 4.79 Å². The Morgan fingerprint density at radius 2 is 2.20 bits per heavy atom. The Morgan fingerprint density at radius 1 is 1.36 bits per heavy atom. The fraction of sp³-hybridized carbons (Fsp3) is 0.444. The zero-order valence-corrected chi connectivity index (χ0v) is 13.8. The summed E-state index contributed by atoms with van der Waals surface area (Å²) in [4.78, 5) is 14.2. The standard InChI is InChI=1S/C18H19N5O2/c19-7-14-2-1-3-15(6-14)18(24)22-9-17(10-22)23-8-16(20-21-23)12-25-11-13-4-5-13/h1-3,6,8,13,17H,4-5,9-12H2. The number of carbonyl (C=O) groups is 1. The van der Waals surface area contributed by atoms with E-state index >= 15 is 0 Å². The minimum atomic E-state index is -0.0542. The van der Waals surface area contributed by atoms with E-state index in [1.54, 1.807) is 29.2 Å². The molecule has 2 heterocycles.